The van der Waals surface area contributed by atoms with Crippen molar-refractivity contribution in [3.8, 4) is 5.75 Å². The minimum atomic E-state index is -1.87. The number of thioether (sulfide) groups is 1. The normalized spacial score (nSPS) is 14.7. The Bertz CT molecular complexity index is 1540. The zero-order chi connectivity index (χ0) is 42.0. The Morgan fingerprint density at radius 2 is 1.16 bits per heavy atom. The average Bonchev–Trinajstić information content (AvgIpc) is 3.09. The van der Waals surface area contributed by atoms with Crippen molar-refractivity contribution in [3.63, 3.8) is 0 Å². The van der Waals surface area contributed by atoms with Gasteiger partial charge in [-0.05, 0) is 55.4 Å². The summed E-state index contributed by atoms with van der Waals surface area (Å²) < 4.78 is 0. The summed E-state index contributed by atoms with van der Waals surface area (Å²) in [4.78, 5) is 114. The van der Waals surface area contributed by atoms with E-state index in [0.717, 1.165) is 6.92 Å². The number of nitrogens with two attached hydrogens (primary N) is 3. The lowest BCUT2D eigenvalue weighted by Gasteiger charge is -2.28. The molecule has 1 aromatic rings. The highest BCUT2D eigenvalue weighted by Gasteiger charge is 2.36. The maximum atomic E-state index is 13.4. The molecular formula is C33H51N9O12S. The molecule has 0 radical (unpaired) electrons. The number of carbonyl (C=O) groups excluding carboxylic acids is 8. The van der Waals surface area contributed by atoms with Crippen LogP contribution in [0.5, 0.6) is 5.75 Å². The summed E-state index contributed by atoms with van der Waals surface area (Å²) in [5.74, 6) is -9.69. The van der Waals surface area contributed by atoms with Crippen molar-refractivity contribution >= 4 is 65.0 Å². The molecule has 0 fully saturated rings. The molecule has 0 aliphatic heterocycles. The molecule has 0 unspecified atom stereocenters. The van der Waals surface area contributed by atoms with Crippen molar-refractivity contribution in [2.45, 2.75) is 88.8 Å². The van der Waals surface area contributed by atoms with Crippen LogP contribution in [-0.2, 0) is 49.6 Å². The van der Waals surface area contributed by atoms with Gasteiger partial charge in [0.05, 0.1) is 25.0 Å². The number of phenolic OH excluding ortho intramolecular Hbond substituents is 1. The van der Waals surface area contributed by atoms with E-state index in [2.05, 4.69) is 31.9 Å². The fourth-order valence-electron chi connectivity index (χ4n) is 4.84. The van der Waals surface area contributed by atoms with E-state index in [9.17, 15) is 53.4 Å². The molecule has 7 atom stereocenters. The smallest absolute Gasteiger partial charge is 0.322 e. The molecule has 0 spiro atoms. The Kier molecular flexibility index (Phi) is 20.2. The Labute approximate surface area is 321 Å². The summed E-state index contributed by atoms with van der Waals surface area (Å²) in [6.45, 7) is 3.51. The first-order chi connectivity index (χ1) is 25.7. The van der Waals surface area contributed by atoms with Crippen LogP contribution in [-0.4, -0.2) is 129 Å². The van der Waals surface area contributed by atoms with Crippen LogP contribution in [0.4, 0.5) is 0 Å². The number of aliphatic hydroxyl groups excluding tert-OH is 1. The third kappa shape index (κ3) is 17.5. The lowest BCUT2D eigenvalue weighted by molar-refractivity contribution is -0.139. The maximum Gasteiger partial charge on any atom is 0.322 e. The molecule has 15 N–H and O–H groups in total. The molecule has 1 aromatic carbocycles. The topological polar surface area (TPSA) is 365 Å². The van der Waals surface area contributed by atoms with Crippen LogP contribution in [0.15, 0.2) is 24.3 Å². The predicted octanol–water partition coefficient (Wildman–Crippen LogP) is -4.57. The van der Waals surface area contributed by atoms with E-state index in [-0.39, 0.29) is 18.6 Å². The molecule has 0 saturated heterocycles. The van der Waals surface area contributed by atoms with Gasteiger partial charge in [-0.3, -0.25) is 43.2 Å². The quantitative estimate of drug-likeness (QED) is 0.0469. The average molecular weight is 798 g/mol. The first-order valence-electron chi connectivity index (χ1n) is 16.9. The monoisotopic (exact) mass is 797 g/mol. The van der Waals surface area contributed by atoms with Crippen LogP contribution < -0.4 is 49.1 Å². The van der Waals surface area contributed by atoms with E-state index >= 15 is 0 Å². The first-order valence-corrected chi connectivity index (χ1v) is 18.3. The number of aliphatic hydroxyl groups is 1. The Balaban J connectivity index is 3.17. The summed E-state index contributed by atoms with van der Waals surface area (Å²) in [7, 11) is 0. The second-order valence-corrected chi connectivity index (χ2v) is 13.8. The van der Waals surface area contributed by atoms with Gasteiger partial charge in [0, 0.05) is 0 Å². The zero-order valence-electron chi connectivity index (χ0n) is 30.8. The number of aliphatic carboxylic acids is 1. The molecule has 306 valence electrons. The second kappa shape index (κ2) is 23.3. The van der Waals surface area contributed by atoms with Gasteiger partial charge in [-0.15, -0.1) is 0 Å². The van der Waals surface area contributed by atoms with Crippen molar-refractivity contribution < 1.29 is 58.5 Å². The van der Waals surface area contributed by atoms with Gasteiger partial charge < -0.3 is 64.4 Å². The third-order valence-electron chi connectivity index (χ3n) is 7.77. The summed E-state index contributed by atoms with van der Waals surface area (Å²) in [5, 5.41) is 42.5. The molecule has 0 bridgehead atoms. The molecule has 1 rings (SSSR count). The molecular weight excluding hydrogens is 746 g/mol. The van der Waals surface area contributed by atoms with Gasteiger partial charge in [0.2, 0.25) is 47.3 Å². The first kappa shape index (κ1) is 47.5. The predicted molar refractivity (Wildman–Crippen MR) is 197 cm³/mol. The number of phenols is 1. The van der Waals surface area contributed by atoms with Crippen molar-refractivity contribution in [2.75, 3.05) is 18.6 Å². The van der Waals surface area contributed by atoms with Crippen molar-refractivity contribution in [2.24, 2.45) is 23.1 Å². The highest BCUT2D eigenvalue weighted by Crippen LogP contribution is 2.12. The van der Waals surface area contributed by atoms with E-state index < -0.39 is 121 Å². The number of carboxylic acids is 1. The zero-order valence-corrected chi connectivity index (χ0v) is 31.6. The third-order valence-corrected chi connectivity index (χ3v) is 8.42. The summed E-state index contributed by atoms with van der Waals surface area (Å²) >= 11 is 1.31. The molecule has 0 saturated carbocycles. The van der Waals surface area contributed by atoms with Gasteiger partial charge in [0.1, 0.15) is 42.5 Å². The second-order valence-electron chi connectivity index (χ2n) is 12.9. The van der Waals surface area contributed by atoms with Crippen LogP contribution in [0.3, 0.4) is 0 Å². The summed E-state index contributed by atoms with van der Waals surface area (Å²) in [5.41, 5.74) is 17.3. The molecule has 0 aromatic heterocycles. The number of carbonyl (C=O) groups is 9. The minimum Gasteiger partial charge on any atom is -0.508 e. The van der Waals surface area contributed by atoms with E-state index in [1.807, 2.05) is 0 Å². The van der Waals surface area contributed by atoms with E-state index in [0.29, 0.717) is 11.3 Å². The lowest BCUT2D eigenvalue weighted by atomic mass is 10.0. The Hall–Kier alpha value is -5.48. The van der Waals surface area contributed by atoms with Crippen LogP contribution in [0, 0.1) is 5.92 Å². The van der Waals surface area contributed by atoms with Crippen LogP contribution in [0.1, 0.15) is 45.6 Å². The Morgan fingerprint density at radius 1 is 0.691 bits per heavy atom. The number of benzene rings is 1. The standard InChI is InChI=1S/C33H51N9O12S/c1-15(2)26(41-28(49)19(34)11-17-5-7-18(44)8-6-17)32(53)39-22(13-24(36)46)31(52)42-27(16(3)43)33(54)40-21(12-23(35)45)30(51)38-20(9-10-55-4)29(50)37-14-25(47)48/h5-8,15-16,19-22,26-27,43-44H,9-14,34H2,1-4H3,(H2,35,45)(H2,36,46)(H,37,50)(H,38,51)(H,39,53)(H,40,54)(H,41,49)(H,42,52)(H,47,48)/t16-,19+,20+,21+,22+,26+,27+/m1/s1. The van der Waals surface area contributed by atoms with Gasteiger partial charge in [0.15, 0.2) is 0 Å². The molecule has 55 heavy (non-hydrogen) atoms. The molecule has 0 aliphatic rings. The van der Waals surface area contributed by atoms with Gasteiger partial charge in [-0.2, -0.15) is 11.8 Å². The van der Waals surface area contributed by atoms with E-state index in [1.54, 1.807) is 32.2 Å². The van der Waals surface area contributed by atoms with Crippen molar-refractivity contribution in [1.29, 1.82) is 0 Å². The summed E-state index contributed by atoms with van der Waals surface area (Å²) in [6.07, 6.45) is -1.48. The minimum absolute atomic E-state index is 0.0122. The molecule has 0 aliphatic carbocycles. The van der Waals surface area contributed by atoms with Crippen LogP contribution >= 0.6 is 11.8 Å². The largest absolute Gasteiger partial charge is 0.508 e. The van der Waals surface area contributed by atoms with Crippen molar-refractivity contribution in [1.82, 2.24) is 31.9 Å². The highest BCUT2D eigenvalue weighted by atomic mass is 32.2. The highest BCUT2D eigenvalue weighted by molar-refractivity contribution is 7.98. The fourth-order valence-corrected chi connectivity index (χ4v) is 5.31. The number of aromatic hydroxyl groups is 1. The van der Waals surface area contributed by atoms with Gasteiger partial charge in [-0.1, -0.05) is 26.0 Å². The number of amides is 8. The molecule has 8 amide bonds. The van der Waals surface area contributed by atoms with Gasteiger partial charge >= 0.3 is 5.97 Å². The summed E-state index contributed by atoms with van der Waals surface area (Å²) in [6, 6.07) is -3.09. The van der Waals surface area contributed by atoms with Crippen LogP contribution in [0.2, 0.25) is 0 Å². The number of hydrogen-bond donors (Lipinski definition) is 12. The van der Waals surface area contributed by atoms with E-state index in [4.69, 9.17) is 22.3 Å². The van der Waals surface area contributed by atoms with Gasteiger partial charge in [0.25, 0.3) is 0 Å². The Morgan fingerprint density at radius 3 is 1.62 bits per heavy atom. The molecule has 0 heterocycles. The number of primary amides is 2. The number of hydrogen-bond acceptors (Lipinski definition) is 13. The fraction of sp³-hybridized carbons (Fsp3) is 0.545. The number of nitrogens with one attached hydrogen (secondary N) is 6. The molecule has 21 nitrogen and oxygen atoms in total. The van der Waals surface area contributed by atoms with E-state index in [1.165, 1.54) is 23.9 Å². The lowest BCUT2D eigenvalue weighted by Crippen LogP contribution is -2.62. The van der Waals surface area contributed by atoms with Crippen molar-refractivity contribution in [3.05, 3.63) is 29.8 Å². The maximum absolute atomic E-state index is 13.4. The SMILES string of the molecule is CSCC[C@H](NC(=O)[C@H](CC(N)=O)NC(=O)[C@@H](NC(=O)[C@H](CC(N)=O)NC(=O)[C@@H](NC(=O)[C@@H](N)Cc1ccc(O)cc1)C(C)C)[C@@H](C)O)C(=O)NCC(=O)O. The van der Waals surface area contributed by atoms with Gasteiger partial charge in [-0.25, -0.2) is 0 Å². The van der Waals surface area contributed by atoms with Crippen LogP contribution in [0.25, 0.3) is 0 Å². The number of rotatable bonds is 24. The number of carboxylic acid groups (broad SMARTS) is 1. The molecule has 22 heteroatoms.